The van der Waals surface area contributed by atoms with Gasteiger partial charge in [0, 0.05) is 13.5 Å². The smallest absolute Gasteiger partial charge is 0.123 e. The Balaban J connectivity index is 2.65. The molecule has 0 aliphatic heterocycles. The number of hydrogen-bond acceptors (Lipinski definition) is 3. The fourth-order valence-corrected chi connectivity index (χ4v) is 1.43. The van der Waals surface area contributed by atoms with Gasteiger partial charge in [0.1, 0.15) is 11.5 Å². The number of rotatable bonds is 6. The molecule has 0 amide bonds. The Labute approximate surface area is 85.4 Å². The summed E-state index contributed by atoms with van der Waals surface area (Å²) in [5.41, 5.74) is 0. The monoisotopic (exact) mass is 197 g/mol. The Hall–Kier alpha value is -0.800. The van der Waals surface area contributed by atoms with Crippen LogP contribution >= 0.6 is 0 Å². The third-order valence-electron chi connectivity index (χ3n) is 2.16. The topological polar surface area (TPSA) is 34.4 Å². The predicted octanol–water partition coefficient (Wildman–Crippen LogP) is 2.14. The molecule has 0 aromatic carbocycles. The van der Waals surface area contributed by atoms with Crippen LogP contribution in [0.2, 0.25) is 0 Å². The molecule has 1 N–H and O–H groups in total. The lowest BCUT2D eigenvalue weighted by Crippen LogP contribution is -2.24. The molecule has 0 fully saturated rings. The van der Waals surface area contributed by atoms with Gasteiger partial charge in [-0.1, -0.05) is 13.8 Å². The van der Waals surface area contributed by atoms with Crippen molar-refractivity contribution in [3.63, 3.8) is 0 Å². The van der Waals surface area contributed by atoms with Gasteiger partial charge in [-0.05, 0) is 18.7 Å². The first kappa shape index (κ1) is 11.3. The number of ether oxygens (including phenoxy) is 1. The van der Waals surface area contributed by atoms with Gasteiger partial charge >= 0.3 is 0 Å². The van der Waals surface area contributed by atoms with Crippen LogP contribution in [-0.4, -0.2) is 20.3 Å². The zero-order chi connectivity index (χ0) is 10.4. The molecule has 1 heterocycles. The van der Waals surface area contributed by atoms with E-state index in [0.29, 0.717) is 6.61 Å². The fraction of sp³-hybridized carbons (Fsp3) is 0.636. The van der Waals surface area contributed by atoms with E-state index in [4.69, 9.17) is 9.15 Å². The summed E-state index contributed by atoms with van der Waals surface area (Å²) in [7, 11) is 1.70. The summed E-state index contributed by atoms with van der Waals surface area (Å²) < 4.78 is 10.8. The van der Waals surface area contributed by atoms with Crippen molar-refractivity contribution in [1.82, 2.24) is 5.32 Å². The summed E-state index contributed by atoms with van der Waals surface area (Å²) in [4.78, 5) is 0. The van der Waals surface area contributed by atoms with Crippen molar-refractivity contribution in [1.29, 1.82) is 0 Å². The minimum absolute atomic E-state index is 0.172. The van der Waals surface area contributed by atoms with Crippen molar-refractivity contribution in [2.45, 2.75) is 26.3 Å². The average Bonchev–Trinajstić information content (AvgIpc) is 2.65. The van der Waals surface area contributed by atoms with Gasteiger partial charge in [0.15, 0.2) is 0 Å². The van der Waals surface area contributed by atoms with Gasteiger partial charge in [-0.25, -0.2) is 0 Å². The Bertz CT molecular complexity index is 252. The molecule has 3 heteroatoms. The first-order valence-electron chi connectivity index (χ1n) is 5.12. The van der Waals surface area contributed by atoms with E-state index < -0.39 is 0 Å². The van der Waals surface area contributed by atoms with Crippen LogP contribution in [0.4, 0.5) is 0 Å². The number of aryl methyl sites for hydroxylation is 1. The Morgan fingerprint density at radius 2 is 2.21 bits per heavy atom. The van der Waals surface area contributed by atoms with Crippen molar-refractivity contribution in [3.8, 4) is 0 Å². The fourth-order valence-electron chi connectivity index (χ4n) is 1.43. The van der Waals surface area contributed by atoms with E-state index in [2.05, 4.69) is 19.2 Å². The van der Waals surface area contributed by atoms with E-state index in [0.717, 1.165) is 24.5 Å². The summed E-state index contributed by atoms with van der Waals surface area (Å²) in [6.07, 6.45) is 0.936. The van der Waals surface area contributed by atoms with Crippen LogP contribution in [0.3, 0.4) is 0 Å². The van der Waals surface area contributed by atoms with Crippen LogP contribution in [0.1, 0.15) is 31.4 Å². The summed E-state index contributed by atoms with van der Waals surface area (Å²) in [6, 6.07) is 4.21. The standard InChI is InChI=1S/C11H19NO2/c1-4-9-6-7-11(14-9)10(8-13-3)12-5-2/h6-7,10,12H,4-5,8H2,1-3H3. The van der Waals surface area contributed by atoms with E-state index in [1.165, 1.54) is 0 Å². The maximum atomic E-state index is 5.66. The molecule has 0 saturated heterocycles. The Morgan fingerprint density at radius 1 is 1.43 bits per heavy atom. The summed E-state index contributed by atoms with van der Waals surface area (Å²) >= 11 is 0. The third-order valence-corrected chi connectivity index (χ3v) is 2.16. The van der Waals surface area contributed by atoms with Crippen molar-refractivity contribution in [2.24, 2.45) is 0 Å². The molecule has 1 aromatic rings. The lowest BCUT2D eigenvalue weighted by molar-refractivity contribution is 0.157. The third kappa shape index (κ3) is 2.86. The molecule has 3 nitrogen and oxygen atoms in total. The second-order valence-corrected chi connectivity index (χ2v) is 3.22. The van der Waals surface area contributed by atoms with Gasteiger partial charge in [-0.3, -0.25) is 0 Å². The maximum absolute atomic E-state index is 5.66. The predicted molar refractivity (Wildman–Crippen MR) is 56.4 cm³/mol. The molecule has 1 rings (SSSR count). The highest BCUT2D eigenvalue weighted by Crippen LogP contribution is 2.17. The van der Waals surface area contributed by atoms with Crippen molar-refractivity contribution >= 4 is 0 Å². The second kappa shape index (κ2) is 5.83. The van der Waals surface area contributed by atoms with E-state index in [-0.39, 0.29) is 6.04 Å². The molecule has 0 aliphatic rings. The molecule has 1 aromatic heterocycles. The van der Waals surface area contributed by atoms with Crippen molar-refractivity contribution in [3.05, 3.63) is 23.7 Å². The Morgan fingerprint density at radius 3 is 2.71 bits per heavy atom. The lowest BCUT2D eigenvalue weighted by Gasteiger charge is -2.13. The van der Waals surface area contributed by atoms with Gasteiger partial charge < -0.3 is 14.5 Å². The van der Waals surface area contributed by atoms with Crippen LogP contribution < -0.4 is 5.32 Å². The average molecular weight is 197 g/mol. The molecule has 1 atom stereocenters. The first-order chi connectivity index (χ1) is 6.81. The minimum Gasteiger partial charge on any atom is -0.464 e. The second-order valence-electron chi connectivity index (χ2n) is 3.22. The molecule has 0 saturated carbocycles. The lowest BCUT2D eigenvalue weighted by atomic mass is 10.2. The summed E-state index contributed by atoms with van der Waals surface area (Å²) in [5, 5.41) is 3.32. The molecule has 1 unspecified atom stereocenters. The zero-order valence-electron chi connectivity index (χ0n) is 9.17. The van der Waals surface area contributed by atoms with Crippen LogP contribution in [0, 0.1) is 0 Å². The van der Waals surface area contributed by atoms with E-state index in [1.807, 2.05) is 12.1 Å². The van der Waals surface area contributed by atoms with Crippen LogP contribution in [0.25, 0.3) is 0 Å². The number of methoxy groups -OCH3 is 1. The highest BCUT2D eigenvalue weighted by molar-refractivity contribution is 5.10. The molecule has 80 valence electrons. The first-order valence-corrected chi connectivity index (χ1v) is 5.12. The van der Waals surface area contributed by atoms with Gasteiger partial charge in [0.2, 0.25) is 0 Å². The van der Waals surface area contributed by atoms with Crippen LogP contribution in [0.5, 0.6) is 0 Å². The van der Waals surface area contributed by atoms with Gasteiger partial charge in [0.25, 0.3) is 0 Å². The molecule has 0 aliphatic carbocycles. The van der Waals surface area contributed by atoms with Gasteiger partial charge in [-0.15, -0.1) is 0 Å². The molecule has 14 heavy (non-hydrogen) atoms. The molecular formula is C11H19NO2. The largest absolute Gasteiger partial charge is 0.464 e. The van der Waals surface area contributed by atoms with Crippen LogP contribution in [0.15, 0.2) is 16.5 Å². The van der Waals surface area contributed by atoms with Crippen molar-refractivity contribution < 1.29 is 9.15 Å². The minimum atomic E-state index is 0.172. The number of furan rings is 1. The highest BCUT2D eigenvalue weighted by Gasteiger charge is 2.13. The van der Waals surface area contributed by atoms with E-state index in [9.17, 15) is 0 Å². The van der Waals surface area contributed by atoms with Crippen molar-refractivity contribution in [2.75, 3.05) is 20.3 Å². The van der Waals surface area contributed by atoms with E-state index >= 15 is 0 Å². The molecule has 0 spiro atoms. The normalized spacial score (nSPS) is 13.1. The molecule has 0 bridgehead atoms. The Kier molecular flexibility index (Phi) is 4.70. The SMILES string of the molecule is CCNC(COC)c1ccc(CC)o1. The quantitative estimate of drug-likeness (QED) is 0.758. The number of nitrogens with one attached hydrogen (secondary N) is 1. The summed E-state index contributed by atoms with van der Waals surface area (Å²) in [5.74, 6) is 1.99. The molecule has 0 radical (unpaired) electrons. The highest BCUT2D eigenvalue weighted by atomic mass is 16.5. The van der Waals surface area contributed by atoms with Crippen LogP contribution in [-0.2, 0) is 11.2 Å². The van der Waals surface area contributed by atoms with Gasteiger partial charge in [-0.2, -0.15) is 0 Å². The number of hydrogen-bond donors (Lipinski definition) is 1. The molecular weight excluding hydrogens is 178 g/mol. The van der Waals surface area contributed by atoms with Gasteiger partial charge in [0.05, 0.1) is 12.6 Å². The summed E-state index contributed by atoms with van der Waals surface area (Å²) in [6.45, 7) is 5.72. The number of likely N-dealkylation sites (N-methyl/N-ethyl adjacent to an activating group) is 1. The van der Waals surface area contributed by atoms with E-state index in [1.54, 1.807) is 7.11 Å². The maximum Gasteiger partial charge on any atom is 0.123 e. The zero-order valence-corrected chi connectivity index (χ0v) is 9.17.